The third-order valence-corrected chi connectivity index (χ3v) is 3.61. The lowest BCUT2D eigenvalue weighted by Crippen LogP contribution is -2.27. The molecule has 2 rings (SSSR count). The van der Waals surface area contributed by atoms with Crippen LogP contribution in [0.5, 0.6) is 0 Å². The van der Waals surface area contributed by atoms with Crippen LogP contribution in [0.1, 0.15) is 6.42 Å². The van der Waals surface area contributed by atoms with Gasteiger partial charge in [0.25, 0.3) is 0 Å². The molecule has 1 aromatic rings. The zero-order chi connectivity index (χ0) is 14.4. The Labute approximate surface area is 122 Å². The van der Waals surface area contributed by atoms with E-state index in [9.17, 15) is 0 Å². The van der Waals surface area contributed by atoms with E-state index < -0.39 is 0 Å². The van der Waals surface area contributed by atoms with E-state index in [0.29, 0.717) is 0 Å². The molecule has 1 aromatic heterocycles. The summed E-state index contributed by atoms with van der Waals surface area (Å²) in [7, 11) is 1.75. The van der Waals surface area contributed by atoms with Gasteiger partial charge in [0, 0.05) is 29.9 Å². The van der Waals surface area contributed by atoms with E-state index in [1.165, 1.54) is 11.8 Å². The van der Waals surface area contributed by atoms with Gasteiger partial charge < -0.3 is 0 Å². The van der Waals surface area contributed by atoms with Crippen LogP contribution < -0.4 is 10.6 Å². The second kappa shape index (κ2) is 6.85. The monoisotopic (exact) mass is 281 g/mol. The van der Waals surface area contributed by atoms with Crippen LogP contribution in [0.2, 0.25) is 0 Å². The van der Waals surface area contributed by atoms with E-state index in [1.54, 1.807) is 13.2 Å². The summed E-state index contributed by atoms with van der Waals surface area (Å²) in [5, 5.41) is 2.82. The van der Waals surface area contributed by atoms with Crippen molar-refractivity contribution in [3.8, 4) is 0 Å². The number of hydrogen-bond donors (Lipinski definition) is 0. The Morgan fingerprint density at radius 3 is 3.10 bits per heavy atom. The zero-order valence-electron chi connectivity index (χ0n) is 11.3. The maximum atomic E-state index is 4.38. The van der Waals surface area contributed by atoms with Gasteiger partial charge in [0.1, 0.15) is 5.03 Å². The normalized spacial score (nSPS) is 22.4. The molecule has 0 bridgehead atoms. The average Bonchev–Trinajstić information content (AvgIpc) is 2.49. The lowest BCUT2D eigenvalue weighted by Gasteiger charge is -2.04. The number of fused-ring (bicyclic) bond motifs is 1. The van der Waals surface area contributed by atoms with Crippen molar-refractivity contribution in [1.29, 1.82) is 0 Å². The highest BCUT2D eigenvalue weighted by atomic mass is 32.2. The summed E-state index contributed by atoms with van der Waals surface area (Å²) in [5.41, 5.74) is 1.01. The molecular formula is C16H15N3S. The van der Waals surface area contributed by atoms with E-state index in [1.807, 2.05) is 24.4 Å². The van der Waals surface area contributed by atoms with Crippen molar-refractivity contribution in [2.45, 2.75) is 6.42 Å². The van der Waals surface area contributed by atoms with Gasteiger partial charge in [-0.2, -0.15) is 4.99 Å². The number of rotatable bonds is 2. The van der Waals surface area contributed by atoms with Crippen molar-refractivity contribution in [3.63, 3.8) is 0 Å². The molecule has 0 atom stereocenters. The molecule has 0 saturated heterocycles. The minimum atomic E-state index is 0.727. The molecule has 1 aliphatic heterocycles. The summed E-state index contributed by atoms with van der Waals surface area (Å²) in [4.78, 5) is 13.6. The van der Waals surface area contributed by atoms with E-state index in [-0.39, 0.29) is 0 Å². The van der Waals surface area contributed by atoms with Gasteiger partial charge >= 0.3 is 0 Å². The number of pyridine rings is 1. The van der Waals surface area contributed by atoms with Crippen molar-refractivity contribution in [3.05, 3.63) is 57.6 Å². The molecule has 4 heteroatoms. The second-order valence-electron chi connectivity index (χ2n) is 4.09. The molecule has 3 nitrogen and oxygen atoms in total. The smallest absolute Gasteiger partial charge is 0.116 e. The van der Waals surface area contributed by atoms with Gasteiger partial charge in [0.2, 0.25) is 0 Å². The first-order chi connectivity index (χ1) is 9.74. The molecule has 0 amide bonds. The molecule has 0 fully saturated rings. The number of aromatic nitrogens is 1. The summed E-state index contributed by atoms with van der Waals surface area (Å²) >= 11 is 1.48. The summed E-state index contributed by atoms with van der Waals surface area (Å²) in [6, 6.07) is 3.97. The SMILES string of the molecule is C=C=N/C1=C(\C=N/C)C/C=c2/cccn/c2=C/C(=C)S1. The van der Waals surface area contributed by atoms with Gasteiger partial charge in [-0.05, 0) is 36.2 Å². The van der Waals surface area contributed by atoms with Crippen LogP contribution in [0.15, 0.2) is 57.0 Å². The first-order valence-electron chi connectivity index (χ1n) is 6.12. The fourth-order valence-electron chi connectivity index (χ4n) is 1.83. The Morgan fingerprint density at radius 2 is 2.35 bits per heavy atom. The lowest BCUT2D eigenvalue weighted by molar-refractivity contribution is 1.21. The summed E-state index contributed by atoms with van der Waals surface area (Å²) in [6.07, 6.45) is 8.40. The molecule has 0 radical (unpaired) electrons. The highest BCUT2D eigenvalue weighted by Crippen LogP contribution is 2.29. The van der Waals surface area contributed by atoms with Crippen LogP contribution in [-0.2, 0) is 0 Å². The number of hydrogen-bond acceptors (Lipinski definition) is 4. The van der Waals surface area contributed by atoms with Crippen LogP contribution >= 0.6 is 11.8 Å². The number of aliphatic imine (C=N–C) groups is 2. The van der Waals surface area contributed by atoms with Crippen LogP contribution in [-0.4, -0.2) is 24.1 Å². The predicted molar refractivity (Wildman–Crippen MR) is 88.3 cm³/mol. The minimum Gasteiger partial charge on any atom is -0.296 e. The standard InChI is InChI=1S/C16H15N3S/c1-4-18-16-14(11-17-3)8-7-13-6-5-9-19-15(13)10-12(2)20-16/h5-7,9-11H,1-2,8H2,3H3/b13-7-,15-10+,16-14+,17-11-. The summed E-state index contributed by atoms with van der Waals surface area (Å²) in [6.45, 7) is 7.60. The minimum absolute atomic E-state index is 0.727. The summed E-state index contributed by atoms with van der Waals surface area (Å²) in [5.74, 6) is 2.59. The number of thioether (sulfide) groups is 1. The first-order valence-corrected chi connectivity index (χ1v) is 6.94. The van der Waals surface area contributed by atoms with Crippen LogP contribution in [0.4, 0.5) is 0 Å². The first kappa shape index (κ1) is 14.3. The molecule has 1 aliphatic rings. The van der Waals surface area contributed by atoms with E-state index in [2.05, 4.69) is 40.1 Å². The molecule has 0 unspecified atom stereocenters. The molecule has 100 valence electrons. The maximum absolute atomic E-state index is 4.38. The van der Waals surface area contributed by atoms with Crippen molar-refractivity contribution in [1.82, 2.24) is 4.98 Å². The second-order valence-corrected chi connectivity index (χ2v) is 5.20. The van der Waals surface area contributed by atoms with Gasteiger partial charge in [0.05, 0.1) is 5.35 Å². The van der Waals surface area contributed by atoms with Crippen LogP contribution in [0, 0.1) is 0 Å². The number of nitrogens with zero attached hydrogens (tertiary/aromatic N) is 3. The molecule has 0 aliphatic carbocycles. The van der Waals surface area contributed by atoms with Crippen molar-refractivity contribution in [2.24, 2.45) is 9.98 Å². The van der Waals surface area contributed by atoms with Crippen molar-refractivity contribution >= 4 is 36.0 Å². The molecule has 0 N–H and O–H groups in total. The molecule has 0 spiro atoms. The van der Waals surface area contributed by atoms with E-state index >= 15 is 0 Å². The Hall–Kier alpha value is -2.16. The van der Waals surface area contributed by atoms with Gasteiger partial charge in [-0.1, -0.05) is 30.5 Å². The third-order valence-electron chi connectivity index (χ3n) is 2.68. The fourth-order valence-corrected chi connectivity index (χ4v) is 2.63. The quantitative estimate of drug-likeness (QED) is 0.778. The number of allylic oxidation sites excluding steroid dienone is 2. The topological polar surface area (TPSA) is 37.6 Å². The third kappa shape index (κ3) is 3.44. The molecule has 0 saturated carbocycles. The Morgan fingerprint density at radius 1 is 1.50 bits per heavy atom. The van der Waals surface area contributed by atoms with E-state index in [0.717, 1.165) is 32.5 Å². The van der Waals surface area contributed by atoms with Gasteiger partial charge in [0.15, 0.2) is 0 Å². The van der Waals surface area contributed by atoms with Gasteiger partial charge in [-0.15, -0.1) is 0 Å². The van der Waals surface area contributed by atoms with Gasteiger partial charge in [-0.25, -0.2) is 0 Å². The van der Waals surface area contributed by atoms with Crippen LogP contribution in [0.25, 0.3) is 12.2 Å². The Balaban J connectivity index is 2.64. The van der Waals surface area contributed by atoms with Gasteiger partial charge in [-0.3, -0.25) is 9.98 Å². The molecular weight excluding hydrogens is 266 g/mol. The average molecular weight is 281 g/mol. The largest absolute Gasteiger partial charge is 0.296 e. The lowest BCUT2D eigenvalue weighted by atomic mass is 10.2. The fraction of sp³-hybridized carbons (Fsp3) is 0.125. The predicted octanol–water partition coefficient (Wildman–Crippen LogP) is 2.06. The summed E-state index contributed by atoms with van der Waals surface area (Å²) < 4.78 is 0. The van der Waals surface area contributed by atoms with E-state index in [4.69, 9.17) is 0 Å². The molecule has 2 heterocycles. The van der Waals surface area contributed by atoms with Crippen molar-refractivity contribution < 1.29 is 0 Å². The highest BCUT2D eigenvalue weighted by Gasteiger charge is 2.07. The molecule has 20 heavy (non-hydrogen) atoms. The Bertz CT molecular complexity index is 750. The zero-order valence-corrected chi connectivity index (χ0v) is 12.2. The molecule has 0 aromatic carbocycles. The van der Waals surface area contributed by atoms with Crippen molar-refractivity contribution in [2.75, 3.05) is 7.05 Å². The Kier molecular flexibility index (Phi) is 4.88. The van der Waals surface area contributed by atoms with Crippen LogP contribution in [0.3, 0.4) is 0 Å². The highest BCUT2D eigenvalue weighted by molar-refractivity contribution is 8.07. The maximum Gasteiger partial charge on any atom is 0.116 e.